The largest absolute Gasteiger partial charge is 0.493 e. The van der Waals surface area contributed by atoms with E-state index >= 15 is 0 Å². The molecule has 0 spiro atoms. The molecule has 0 aromatic heterocycles. The van der Waals surface area contributed by atoms with Crippen molar-refractivity contribution in [3.63, 3.8) is 0 Å². The first-order valence-electron chi connectivity index (χ1n) is 11.5. The van der Waals surface area contributed by atoms with Crippen molar-refractivity contribution in [2.45, 2.75) is 25.9 Å². The molecule has 10 nitrogen and oxygen atoms in total. The molecule has 0 aliphatic carbocycles. The Bertz CT molecular complexity index is 1500. The smallest absolute Gasteiger partial charge is 0.282 e. The van der Waals surface area contributed by atoms with Gasteiger partial charge in [-0.25, -0.2) is 0 Å². The Labute approximate surface area is 212 Å². The van der Waals surface area contributed by atoms with Crippen molar-refractivity contribution in [1.29, 1.82) is 0 Å². The highest BCUT2D eigenvalue weighted by Crippen LogP contribution is 2.46. The lowest BCUT2D eigenvalue weighted by molar-refractivity contribution is -0.385. The number of carbonyl (C=O) groups excluding carboxylic acids is 3. The van der Waals surface area contributed by atoms with E-state index in [2.05, 4.69) is 0 Å². The Balaban J connectivity index is 1.64. The number of hydrogen-bond donors (Lipinski definition) is 0. The van der Waals surface area contributed by atoms with Gasteiger partial charge in [0.15, 0.2) is 11.5 Å². The molecule has 10 heteroatoms. The molecule has 0 N–H and O–H groups in total. The zero-order chi connectivity index (χ0) is 26.6. The van der Waals surface area contributed by atoms with E-state index in [-0.39, 0.29) is 11.1 Å². The minimum absolute atomic E-state index is 0.0947. The van der Waals surface area contributed by atoms with Gasteiger partial charge in [0.2, 0.25) is 0 Å². The minimum Gasteiger partial charge on any atom is -0.493 e. The molecule has 1 saturated heterocycles. The van der Waals surface area contributed by atoms with Crippen molar-refractivity contribution < 1.29 is 28.8 Å². The molecule has 2 atom stereocenters. The summed E-state index contributed by atoms with van der Waals surface area (Å²) in [6.45, 7) is 3.88. The summed E-state index contributed by atoms with van der Waals surface area (Å²) in [5.41, 5.74) is 2.35. The molecule has 5 rings (SSSR count). The Kier molecular flexibility index (Phi) is 5.66. The summed E-state index contributed by atoms with van der Waals surface area (Å²) in [6, 6.07) is 12.6. The molecule has 0 bridgehead atoms. The minimum atomic E-state index is -1.20. The number of amides is 3. The molecule has 0 unspecified atom stereocenters. The highest BCUT2D eigenvalue weighted by molar-refractivity contribution is 6.26. The third-order valence-electron chi connectivity index (χ3n) is 6.98. The van der Waals surface area contributed by atoms with Crippen LogP contribution in [-0.2, 0) is 4.79 Å². The molecule has 3 aromatic carbocycles. The Morgan fingerprint density at radius 1 is 0.811 bits per heavy atom. The summed E-state index contributed by atoms with van der Waals surface area (Å²) in [4.78, 5) is 53.7. The molecule has 2 aliphatic rings. The van der Waals surface area contributed by atoms with Crippen molar-refractivity contribution in [2.24, 2.45) is 0 Å². The molecule has 37 heavy (non-hydrogen) atoms. The van der Waals surface area contributed by atoms with E-state index in [1.807, 2.05) is 26.0 Å². The lowest BCUT2D eigenvalue weighted by Crippen LogP contribution is -2.67. The summed E-state index contributed by atoms with van der Waals surface area (Å²) in [7, 11) is 2.98. The average molecular weight is 501 g/mol. The second-order valence-corrected chi connectivity index (χ2v) is 8.92. The Morgan fingerprint density at radius 2 is 1.54 bits per heavy atom. The second kappa shape index (κ2) is 8.74. The van der Waals surface area contributed by atoms with Crippen LogP contribution in [0.25, 0.3) is 0 Å². The Hall–Kier alpha value is -4.73. The van der Waals surface area contributed by atoms with Crippen molar-refractivity contribution in [2.75, 3.05) is 19.1 Å². The lowest BCUT2D eigenvalue weighted by atomic mass is 9.85. The number of ether oxygens (including phenoxy) is 2. The summed E-state index contributed by atoms with van der Waals surface area (Å²) >= 11 is 0. The average Bonchev–Trinajstić information content (AvgIpc) is 3.14. The van der Waals surface area contributed by atoms with E-state index in [9.17, 15) is 24.5 Å². The number of hydrogen-bond acceptors (Lipinski definition) is 7. The van der Waals surface area contributed by atoms with Gasteiger partial charge < -0.3 is 14.4 Å². The van der Waals surface area contributed by atoms with Crippen molar-refractivity contribution in [1.82, 2.24) is 4.90 Å². The molecule has 0 radical (unpaired) electrons. The topological polar surface area (TPSA) is 119 Å². The number of β-lactam (4-membered cyclic amide) rings is 1. The first kappa shape index (κ1) is 24.0. The third kappa shape index (κ3) is 3.52. The second-order valence-electron chi connectivity index (χ2n) is 8.92. The number of nitro benzene ring substituents is 1. The van der Waals surface area contributed by atoms with Gasteiger partial charge in [0.25, 0.3) is 23.4 Å². The van der Waals surface area contributed by atoms with Crippen LogP contribution < -0.4 is 14.4 Å². The maximum atomic E-state index is 13.7. The van der Waals surface area contributed by atoms with Gasteiger partial charge in [-0.05, 0) is 60.9 Å². The van der Waals surface area contributed by atoms with Crippen LogP contribution in [0.2, 0.25) is 0 Å². The molecule has 3 amide bonds. The highest BCUT2D eigenvalue weighted by Gasteiger charge is 2.58. The highest BCUT2D eigenvalue weighted by atomic mass is 16.6. The van der Waals surface area contributed by atoms with Crippen molar-refractivity contribution in [3.05, 3.63) is 92.5 Å². The normalized spacial score (nSPS) is 18.5. The molecular weight excluding hydrogens is 478 g/mol. The maximum Gasteiger partial charge on any atom is 0.282 e. The van der Waals surface area contributed by atoms with Crippen LogP contribution in [0.15, 0.2) is 54.6 Å². The fourth-order valence-electron chi connectivity index (χ4n) is 4.95. The first-order valence-corrected chi connectivity index (χ1v) is 11.5. The molecule has 3 aromatic rings. The third-order valence-corrected chi connectivity index (χ3v) is 6.98. The molecule has 0 saturated carbocycles. The zero-order valence-corrected chi connectivity index (χ0v) is 20.6. The summed E-state index contributed by atoms with van der Waals surface area (Å²) in [5.74, 6) is -1.19. The van der Waals surface area contributed by atoms with Crippen LogP contribution in [-0.4, -0.2) is 47.8 Å². The number of aryl methyl sites for hydroxylation is 2. The standard InChI is InChI=1S/C27H23N3O7/c1-14-8-10-17(12-15(14)2)28-23(16-9-11-20(36-3)21(13-16)37-4)24(27(28)33)29-25(31)18-6-5-7-19(30(34)35)22(18)26(29)32/h5-13,23-24H,1-4H3/t23-,24+/m0/s1. The van der Waals surface area contributed by atoms with Crippen LogP contribution in [0.5, 0.6) is 11.5 Å². The van der Waals surface area contributed by atoms with Crippen LogP contribution >= 0.6 is 0 Å². The van der Waals surface area contributed by atoms with E-state index in [0.29, 0.717) is 22.7 Å². The molecule has 2 heterocycles. The first-order chi connectivity index (χ1) is 17.7. The monoisotopic (exact) mass is 501 g/mol. The number of fused-ring (bicyclic) bond motifs is 1. The van der Waals surface area contributed by atoms with Gasteiger partial charge >= 0.3 is 0 Å². The number of imide groups is 1. The van der Waals surface area contributed by atoms with Gasteiger partial charge in [0.1, 0.15) is 11.6 Å². The molecular formula is C27H23N3O7. The quantitative estimate of drug-likeness (QED) is 0.217. The lowest BCUT2D eigenvalue weighted by Gasteiger charge is -2.50. The molecule has 1 fully saturated rings. The zero-order valence-electron chi connectivity index (χ0n) is 20.6. The van der Waals surface area contributed by atoms with E-state index in [4.69, 9.17) is 9.47 Å². The number of rotatable bonds is 6. The van der Waals surface area contributed by atoms with Gasteiger partial charge in [0.05, 0.1) is 30.7 Å². The maximum absolute atomic E-state index is 13.7. The SMILES string of the molecule is COc1ccc([C@H]2[C@@H](N3C(=O)c4cccc([N+](=O)[O-])c4C3=O)C(=O)N2c2ccc(C)c(C)c2)cc1OC. The van der Waals surface area contributed by atoms with E-state index in [0.717, 1.165) is 16.0 Å². The van der Waals surface area contributed by atoms with Gasteiger partial charge in [-0.3, -0.25) is 29.4 Å². The van der Waals surface area contributed by atoms with Gasteiger partial charge in [-0.2, -0.15) is 0 Å². The van der Waals surface area contributed by atoms with Crippen LogP contribution in [0.3, 0.4) is 0 Å². The fourth-order valence-corrected chi connectivity index (χ4v) is 4.95. The van der Waals surface area contributed by atoms with Crippen molar-refractivity contribution in [3.8, 4) is 11.5 Å². The van der Waals surface area contributed by atoms with E-state index in [1.165, 1.54) is 37.3 Å². The molecule has 2 aliphatic heterocycles. The summed E-state index contributed by atoms with van der Waals surface area (Å²) < 4.78 is 10.8. The number of benzene rings is 3. The van der Waals surface area contributed by atoms with Crippen molar-refractivity contribution >= 4 is 29.1 Å². The van der Waals surface area contributed by atoms with Crippen LogP contribution in [0, 0.1) is 24.0 Å². The van der Waals surface area contributed by atoms with E-state index in [1.54, 1.807) is 24.3 Å². The number of nitro groups is 1. The predicted octanol–water partition coefficient (Wildman–Crippen LogP) is 3.98. The number of methoxy groups -OCH3 is 2. The van der Waals surface area contributed by atoms with Gasteiger partial charge in [-0.15, -0.1) is 0 Å². The summed E-state index contributed by atoms with van der Waals surface area (Å²) in [5, 5.41) is 11.6. The number of carbonyl (C=O) groups is 3. The predicted molar refractivity (Wildman–Crippen MR) is 133 cm³/mol. The van der Waals surface area contributed by atoms with Gasteiger partial charge in [0, 0.05) is 11.8 Å². The molecule has 188 valence electrons. The van der Waals surface area contributed by atoms with E-state index < -0.39 is 40.4 Å². The fraction of sp³-hybridized carbons (Fsp3) is 0.222. The summed E-state index contributed by atoms with van der Waals surface area (Å²) in [6.07, 6.45) is 0. The van der Waals surface area contributed by atoms with Crippen LogP contribution in [0.1, 0.15) is 43.4 Å². The Morgan fingerprint density at radius 3 is 2.19 bits per heavy atom. The number of nitrogens with zero attached hydrogens (tertiary/aromatic N) is 3. The van der Waals surface area contributed by atoms with Crippen LogP contribution in [0.4, 0.5) is 11.4 Å². The number of anilines is 1. The van der Waals surface area contributed by atoms with Gasteiger partial charge in [-0.1, -0.05) is 18.2 Å².